The number of rotatable bonds is 4. The van der Waals surface area contributed by atoms with E-state index >= 15 is 0 Å². The van der Waals surface area contributed by atoms with Gasteiger partial charge < -0.3 is 18.6 Å². The number of nitriles is 2. The first-order chi connectivity index (χ1) is 39.0. The number of allylic oxidation sites excluding steroid dienone is 6. The summed E-state index contributed by atoms with van der Waals surface area (Å²) in [7, 11) is 0. The minimum absolute atomic E-state index is 0.00612. The summed E-state index contributed by atoms with van der Waals surface area (Å²) < 4.78 is 7.07. The Kier molecular flexibility index (Phi) is 9.97. The molecule has 4 heterocycles. The Morgan fingerprint density at radius 2 is 0.875 bits per heavy atom. The molecule has 380 valence electrons. The standard InChI is InChI=1S/C74H54N6/c1-44-24-8-9-25-45(2)77(46(3)65-53-31-10-18-34-58(53)74(6,7)67(44)65)69-55(42-75)56(43-76)70(80-64-39-23-16-30-51(64)52-40-41-59-66(68(52)80)54-32-11-17-33-57(54)73(59,4)5)72(79-62-37-21-14-28-49(62)50-29-15-22-38-63(50)79)71(69)78-60-35-19-12-26-47(60)48-27-13-20-36-61(48)78/h8-41,44H,2-3H2,1,4-7H3/b24-8-,25-9-. The normalized spacial score (nSPS) is 17.0. The molecule has 1 atom stereocenters. The first-order valence-corrected chi connectivity index (χ1v) is 27.5. The van der Waals surface area contributed by atoms with Crippen LogP contribution in [0.2, 0.25) is 0 Å². The van der Waals surface area contributed by atoms with Gasteiger partial charge in [-0.05, 0) is 75.7 Å². The second kappa shape index (κ2) is 16.9. The van der Waals surface area contributed by atoms with Crippen LogP contribution in [-0.4, -0.2) is 13.7 Å². The van der Waals surface area contributed by atoms with Crippen LogP contribution < -0.4 is 4.90 Å². The molecule has 0 saturated carbocycles. The van der Waals surface area contributed by atoms with Crippen molar-refractivity contribution in [1.29, 1.82) is 10.5 Å². The van der Waals surface area contributed by atoms with E-state index < -0.39 is 0 Å². The van der Waals surface area contributed by atoms with E-state index in [4.69, 9.17) is 13.2 Å². The van der Waals surface area contributed by atoms with Crippen molar-refractivity contribution in [3.63, 3.8) is 0 Å². The summed E-state index contributed by atoms with van der Waals surface area (Å²) in [5, 5.41) is 31.5. The lowest BCUT2D eigenvalue weighted by atomic mass is 9.75. The lowest BCUT2D eigenvalue weighted by Gasteiger charge is -2.36. The lowest BCUT2D eigenvalue weighted by Crippen LogP contribution is -2.27. The maximum absolute atomic E-state index is 12.6. The lowest BCUT2D eigenvalue weighted by molar-refractivity contribution is 0.578. The molecule has 0 fully saturated rings. The SMILES string of the molecule is C=C1/C=C\C=C/C(C)C2=C(C(=C)N1c1c(C#N)c(C#N)c(-n3c4ccccc4c4ccc5c(c43)-c3ccccc3C5(C)C)c(-n3c4ccccc4c4ccccc43)c1-n1c3ccccc3c3ccccc31)c1ccccc1C2(C)C. The minimum Gasteiger partial charge on any atom is -0.308 e. The van der Waals surface area contributed by atoms with Crippen LogP contribution in [0.25, 0.3) is 99.2 Å². The molecule has 3 aromatic heterocycles. The fourth-order valence-electron chi connectivity index (χ4n) is 14.7. The summed E-state index contributed by atoms with van der Waals surface area (Å²) in [6.07, 6.45) is 8.42. The van der Waals surface area contributed by atoms with Crippen molar-refractivity contribution in [3.05, 3.63) is 270 Å². The van der Waals surface area contributed by atoms with Gasteiger partial charge >= 0.3 is 0 Å². The molecule has 6 nitrogen and oxygen atoms in total. The highest BCUT2D eigenvalue weighted by molar-refractivity contribution is 6.18. The Bertz CT molecular complexity index is 4870. The van der Waals surface area contributed by atoms with E-state index in [1.807, 2.05) is 12.2 Å². The van der Waals surface area contributed by atoms with Crippen molar-refractivity contribution in [2.45, 2.75) is 45.4 Å². The Hall–Kier alpha value is -10.1. The second-order valence-electron chi connectivity index (χ2n) is 22.8. The summed E-state index contributed by atoms with van der Waals surface area (Å²) in [5.74, 6) is 0.00612. The molecule has 9 aromatic carbocycles. The van der Waals surface area contributed by atoms with E-state index in [0.717, 1.165) is 93.4 Å². The van der Waals surface area contributed by atoms with Crippen LogP contribution in [0.3, 0.4) is 0 Å². The maximum Gasteiger partial charge on any atom is 0.103 e. The molecule has 6 heteroatoms. The van der Waals surface area contributed by atoms with E-state index in [-0.39, 0.29) is 27.9 Å². The molecule has 0 N–H and O–H groups in total. The third-order valence-electron chi connectivity index (χ3n) is 18.0. The fraction of sp³-hybridized carbons (Fsp3) is 0.108. The smallest absolute Gasteiger partial charge is 0.103 e. The average Bonchev–Trinajstić information content (AvgIpc) is 3.80. The Morgan fingerprint density at radius 3 is 1.41 bits per heavy atom. The average molecular weight is 1030 g/mol. The zero-order valence-corrected chi connectivity index (χ0v) is 45.3. The molecule has 0 amide bonds. The van der Waals surface area contributed by atoms with Crippen molar-refractivity contribution in [1.82, 2.24) is 13.7 Å². The predicted molar refractivity (Wildman–Crippen MR) is 331 cm³/mol. The zero-order chi connectivity index (χ0) is 54.5. The number of hydrogen-bond donors (Lipinski definition) is 0. The van der Waals surface area contributed by atoms with E-state index in [1.165, 1.54) is 22.3 Å². The number of hydrogen-bond acceptors (Lipinski definition) is 3. The van der Waals surface area contributed by atoms with Gasteiger partial charge in [0, 0.05) is 65.7 Å². The molecule has 1 unspecified atom stereocenters. The molecule has 2 aliphatic carbocycles. The molecule has 0 saturated heterocycles. The molecule has 3 aliphatic rings. The van der Waals surface area contributed by atoms with Gasteiger partial charge in [0.1, 0.15) is 12.1 Å². The van der Waals surface area contributed by atoms with Crippen LogP contribution in [0.15, 0.2) is 236 Å². The maximum atomic E-state index is 12.6. The quantitative estimate of drug-likeness (QED) is 0.176. The van der Waals surface area contributed by atoms with Crippen LogP contribution in [-0.2, 0) is 10.8 Å². The molecule has 0 spiro atoms. The van der Waals surface area contributed by atoms with E-state index in [1.54, 1.807) is 0 Å². The molecular formula is C74H54N6. The van der Waals surface area contributed by atoms with Crippen LogP contribution in [0.1, 0.15) is 68.0 Å². The number of aromatic nitrogens is 3. The highest BCUT2D eigenvalue weighted by atomic mass is 15.2. The highest BCUT2D eigenvalue weighted by Crippen LogP contribution is 2.58. The van der Waals surface area contributed by atoms with E-state index in [2.05, 4.69) is 260 Å². The minimum atomic E-state index is -0.387. The Morgan fingerprint density at radius 1 is 0.438 bits per heavy atom. The van der Waals surface area contributed by atoms with E-state index in [0.29, 0.717) is 28.5 Å². The van der Waals surface area contributed by atoms with Gasteiger partial charge in [-0.2, -0.15) is 10.5 Å². The predicted octanol–water partition coefficient (Wildman–Crippen LogP) is 18.4. The highest BCUT2D eigenvalue weighted by Gasteiger charge is 2.44. The van der Waals surface area contributed by atoms with E-state index in [9.17, 15) is 10.5 Å². The number of para-hydroxylation sites is 5. The number of fused-ring (bicyclic) bond motifs is 15. The molecular weight excluding hydrogens is 973 g/mol. The van der Waals surface area contributed by atoms with Crippen LogP contribution >= 0.6 is 0 Å². The molecule has 12 aromatic rings. The third kappa shape index (κ3) is 6.11. The molecule has 15 rings (SSSR count). The number of anilines is 1. The topological polar surface area (TPSA) is 65.6 Å². The Labute approximate surface area is 464 Å². The molecule has 0 bridgehead atoms. The fourth-order valence-corrected chi connectivity index (χ4v) is 14.7. The summed E-state index contributed by atoms with van der Waals surface area (Å²) in [5.41, 5.74) is 18.3. The van der Waals surface area contributed by atoms with Gasteiger partial charge in [-0.15, -0.1) is 0 Å². The second-order valence-corrected chi connectivity index (χ2v) is 22.8. The largest absolute Gasteiger partial charge is 0.308 e. The Balaban J connectivity index is 1.25. The summed E-state index contributed by atoms with van der Waals surface area (Å²) in [4.78, 5) is 2.11. The van der Waals surface area contributed by atoms with Gasteiger partial charge in [0.2, 0.25) is 0 Å². The van der Waals surface area contributed by atoms with Crippen molar-refractivity contribution < 1.29 is 0 Å². The first kappa shape index (κ1) is 47.1. The van der Waals surface area contributed by atoms with Crippen molar-refractivity contribution >= 4 is 76.7 Å². The van der Waals surface area contributed by atoms with Crippen LogP contribution in [0.5, 0.6) is 0 Å². The van der Waals surface area contributed by atoms with Gasteiger partial charge in [0.15, 0.2) is 0 Å². The third-order valence-corrected chi connectivity index (χ3v) is 18.0. The summed E-state index contributed by atoms with van der Waals surface area (Å²) in [6.45, 7) is 21.6. The molecule has 0 radical (unpaired) electrons. The number of benzene rings is 9. The zero-order valence-electron chi connectivity index (χ0n) is 45.3. The van der Waals surface area contributed by atoms with Crippen molar-refractivity contribution in [3.8, 4) is 40.3 Å². The first-order valence-electron chi connectivity index (χ1n) is 27.5. The van der Waals surface area contributed by atoms with Crippen molar-refractivity contribution in [2.75, 3.05) is 4.90 Å². The van der Waals surface area contributed by atoms with Crippen LogP contribution in [0.4, 0.5) is 5.69 Å². The number of nitrogens with zero attached hydrogens (tertiary/aromatic N) is 6. The van der Waals surface area contributed by atoms with Gasteiger partial charge in [-0.1, -0.05) is 218 Å². The van der Waals surface area contributed by atoms with Crippen LogP contribution in [0, 0.1) is 28.6 Å². The summed E-state index contributed by atoms with van der Waals surface area (Å²) in [6, 6.07) is 70.5. The van der Waals surface area contributed by atoms with Gasteiger partial charge in [0.25, 0.3) is 0 Å². The van der Waals surface area contributed by atoms with Gasteiger partial charge in [-0.25, -0.2) is 0 Å². The van der Waals surface area contributed by atoms with Gasteiger partial charge in [0.05, 0.1) is 67.0 Å². The summed E-state index contributed by atoms with van der Waals surface area (Å²) >= 11 is 0. The van der Waals surface area contributed by atoms with Crippen molar-refractivity contribution in [2.24, 2.45) is 5.92 Å². The molecule has 80 heavy (non-hydrogen) atoms. The van der Waals surface area contributed by atoms with Gasteiger partial charge in [-0.3, -0.25) is 0 Å². The monoisotopic (exact) mass is 1030 g/mol. The molecule has 1 aliphatic heterocycles.